The SMILES string of the molecule is CC(=O)CCCCC[C]=O. The highest BCUT2D eigenvalue weighted by Gasteiger charge is 1.92. The van der Waals surface area contributed by atoms with Gasteiger partial charge in [-0.15, -0.1) is 0 Å². The molecule has 0 aromatic heterocycles. The van der Waals surface area contributed by atoms with E-state index in [1.165, 1.54) is 0 Å². The molecule has 0 aliphatic heterocycles. The van der Waals surface area contributed by atoms with E-state index in [0.717, 1.165) is 19.3 Å². The van der Waals surface area contributed by atoms with E-state index >= 15 is 0 Å². The quantitative estimate of drug-likeness (QED) is 0.527. The fraction of sp³-hybridized carbons (Fsp3) is 0.750. The summed E-state index contributed by atoms with van der Waals surface area (Å²) < 4.78 is 0. The molecule has 2 nitrogen and oxygen atoms in total. The van der Waals surface area contributed by atoms with Crippen LogP contribution in [0.4, 0.5) is 0 Å². The minimum absolute atomic E-state index is 0.232. The first kappa shape index (κ1) is 9.34. The van der Waals surface area contributed by atoms with Gasteiger partial charge in [0.25, 0.3) is 0 Å². The van der Waals surface area contributed by atoms with Crippen LogP contribution in [0.25, 0.3) is 0 Å². The first-order valence-corrected chi connectivity index (χ1v) is 3.62. The zero-order valence-electron chi connectivity index (χ0n) is 6.35. The highest BCUT2D eigenvalue weighted by molar-refractivity contribution is 5.75. The molecule has 57 valence electrons. The van der Waals surface area contributed by atoms with Crippen LogP contribution in [0, 0.1) is 0 Å². The van der Waals surface area contributed by atoms with Crippen molar-refractivity contribution in [3.05, 3.63) is 0 Å². The van der Waals surface area contributed by atoms with Crippen LogP contribution >= 0.6 is 0 Å². The van der Waals surface area contributed by atoms with Crippen LogP contribution in [0.1, 0.15) is 39.0 Å². The van der Waals surface area contributed by atoms with Crippen molar-refractivity contribution in [2.45, 2.75) is 39.0 Å². The lowest BCUT2D eigenvalue weighted by atomic mass is 10.1. The number of carbonyl (C=O) groups is 1. The number of unbranched alkanes of at least 4 members (excludes halogenated alkanes) is 3. The Morgan fingerprint density at radius 3 is 2.50 bits per heavy atom. The van der Waals surface area contributed by atoms with E-state index in [9.17, 15) is 9.59 Å². The van der Waals surface area contributed by atoms with Crippen LogP contribution in [0.2, 0.25) is 0 Å². The number of rotatable bonds is 6. The van der Waals surface area contributed by atoms with E-state index in [1.807, 2.05) is 6.29 Å². The molecule has 0 aromatic carbocycles. The summed E-state index contributed by atoms with van der Waals surface area (Å²) in [5.41, 5.74) is 0. The Morgan fingerprint density at radius 2 is 2.00 bits per heavy atom. The lowest BCUT2D eigenvalue weighted by Crippen LogP contribution is -1.89. The fourth-order valence-electron chi connectivity index (χ4n) is 0.748. The van der Waals surface area contributed by atoms with E-state index in [4.69, 9.17) is 0 Å². The monoisotopic (exact) mass is 141 g/mol. The molecule has 0 bridgehead atoms. The molecule has 0 aliphatic rings. The maximum atomic E-state index is 10.4. The minimum atomic E-state index is 0.232. The molecular formula is C8H13O2. The van der Waals surface area contributed by atoms with Crippen LogP contribution in [0.5, 0.6) is 0 Å². The van der Waals surface area contributed by atoms with E-state index in [-0.39, 0.29) is 5.78 Å². The topological polar surface area (TPSA) is 34.1 Å². The van der Waals surface area contributed by atoms with Crippen molar-refractivity contribution in [1.82, 2.24) is 0 Å². The molecular weight excluding hydrogens is 128 g/mol. The van der Waals surface area contributed by atoms with Gasteiger partial charge in [0.15, 0.2) is 6.29 Å². The maximum absolute atomic E-state index is 10.4. The molecule has 0 rings (SSSR count). The van der Waals surface area contributed by atoms with Gasteiger partial charge < -0.3 is 4.79 Å². The van der Waals surface area contributed by atoms with Crippen molar-refractivity contribution in [3.8, 4) is 0 Å². The molecule has 0 amide bonds. The van der Waals surface area contributed by atoms with Gasteiger partial charge in [-0.05, 0) is 19.8 Å². The predicted molar refractivity (Wildman–Crippen MR) is 39.5 cm³/mol. The van der Waals surface area contributed by atoms with Crippen LogP contribution in [0.3, 0.4) is 0 Å². The second-order valence-electron chi connectivity index (χ2n) is 2.41. The molecule has 0 N–H and O–H groups in total. The van der Waals surface area contributed by atoms with Crippen molar-refractivity contribution in [3.63, 3.8) is 0 Å². The minimum Gasteiger partial charge on any atom is -0.300 e. The average Bonchev–Trinajstić information content (AvgIpc) is 1.87. The highest BCUT2D eigenvalue weighted by atomic mass is 16.1. The average molecular weight is 141 g/mol. The number of carbonyl (C=O) groups excluding carboxylic acids is 2. The van der Waals surface area contributed by atoms with E-state index in [1.54, 1.807) is 6.92 Å². The lowest BCUT2D eigenvalue weighted by molar-refractivity contribution is -0.117. The molecule has 0 saturated carbocycles. The summed E-state index contributed by atoms with van der Waals surface area (Å²) in [6.07, 6.45) is 5.74. The van der Waals surface area contributed by atoms with Crippen LogP contribution in [0.15, 0.2) is 0 Å². The van der Waals surface area contributed by atoms with Crippen molar-refractivity contribution < 1.29 is 9.59 Å². The molecule has 0 spiro atoms. The van der Waals surface area contributed by atoms with E-state index in [0.29, 0.717) is 12.8 Å². The summed E-state index contributed by atoms with van der Waals surface area (Å²) in [6.45, 7) is 1.59. The molecule has 10 heavy (non-hydrogen) atoms. The summed E-state index contributed by atoms with van der Waals surface area (Å²) in [5.74, 6) is 0.232. The Bertz CT molecular complexity index is 108. The number of hydrogen-bond donors (Lipinski definition) is 0. The number of hydrogen-bond acceptors (Lipinski definition) is 2. The first-order valence-electron chi connectivity index (χ1n) is 3.62. The van der Waals surface area contributed by atoms with Gasteiger partial charge in [0, 0.05) is 12.8 Å². The standard InChI is InChI=1S/C8H13O2/c1-8(10)6-4-2-3-5-7-9/h2-6H2,1H3. The lowest BCUT2D eigenvalue weighted by Gasteiger charge is -1.93. The molecule has 0 heterocycles. The molecule has 0 atom stereocenters. The summed E-state index contributed by atoms with van der Waals surface area (Å²) >= 11 is 0. The molecule has 1 radical (unpaired) electrons. The first-order chi connectivity index (χ1) is 4.77. The predicted octanol–water partition coefficient (Wildman–Crippen LogP) is 1.64. The Balaban J connectivity index is 2.90. The van der Waals surface area contributed by atoms with Crippen molar-refractivity contribution in [2.75, 3.05) is 0 Å². The molecule has 0 unspecified atom stereocenters. The Morgan fingerprint density at radius 1 is 1.30 bits per heavy atom. The maximum Gasteiger partial charge on any atom is 0.198 e. The summed E-state index contributed by atoms with van der Waals surface area (Å²) in [6, 6.07) is 0. The largest absolute Gasteiger partial charge is 0.300 e. The van der Waals surface area contributed by atoms with Crippen molar-refractivity contribution in [2.24, 2.45) is 0 Å². The third kappa shape index (κ3) is 7.34. The Kier molecular flexibility index (Phi) is 6.03. The smallest absolute Gasteiger partial charge is 0.198 e. The van der Waals surface area contributed by atoms with Gasteiger partial charge in [0.1, 0.15) is 5.78 Å². The van der Waals surface area contributed by atoms with Gasteiger partial charge in [0.05, 0.1) is 0 Å². The molecule has 0 aliphatic carbocycles. The van der Waals surface area contributed by atoms with E-state index < -0.39 is 0 Å². The van der Waals surface area contributed by atoms with Gasteiger partial charge >= 0.3 is 0 Å². The normalized spacial score (nSPS) is 9.30. The molecule has 0 saturated heterocycles. The summed E-state index contributed by atoms with van der Waals surface area (Å²) in [7, 11) is 0. The second kappa shape index (κ2) is 6.46. The van der Waals surface area contributed by atoms with Gasteiger partial charge in [0.2, 0.25) is 0 Å². The molecule has 0 fully saturated rings. The number of Topliss-reactive ketones (excluding diaryl/α,β-unsaturated/α-hetero) is 1. The van der Waals surface area contributed by atoms with Crippen molar-refractivity contribution >= 4 is 12.1 Å². The zero-order valence-corrected chi connectivity index (χ0v) is 6.35. The van der Waals surface area contributed by atoms with Gasteiger partial charge in [-0.1, -0.05) is 6.42 Å². The van der Waals surface area contributed by atoms with Crippen LogP contribution in [-0.4, -0.2) is 12.1 Å². The third-order valence-corrected chi connectivity index (χ3v) is 1.31. The summed E-state index contributed by atoms with van der Waals surface area (Å²) in [4.78, 5) is 20.1. The molecule has 2 heteroatoms. The van der Waals surface area contributed by atoms with Crippen molar-refractivity contribution in [1.29, 1.82) is 0 Å². The van der Waals surface area contributed by atoms with Gasteiger partial charge in [-0.2, -0.15) is 0 Å². The fourth-order valence-corrected chi connectivity index (χ4v) is 0.748. The summed E-state index contributed by atoms with van der Waals surface area (Å²) in [5, 5.41) is 0. The Labute approximate surface area is 61.6 Å². The zero-order chi connectivity index (χ0) is 7.82. The Hall–Kier alpha value is -0.660. The molecule has 0 aromatic rings. The van der Waals surface area contributed by atoms with Crippen LogP contribution < -0.4 is 0 Å². The second-order valence-corrected chi connectivity index (χ2v) is 2.41. The van der Waals surface area contributed by atoms with Gasteiger partial charge in [-0.25, -0.2) is 0 Å². The van der Waals surface area contributed by atoms with E-state index in [2.05, 4.69) is 0 Å². The third-order valence-electron chi connectivity index (χ3n) is 1.31. The van der Waals surface area contributed by atoms with Gasteiger partial charge in [-0.3, -0.25) is 4.79 Å². The van der Waals surface area contributed by atoms with Crippen LogP contribution in [-0.2, 0) is 9.59 Å². The highest BCUT2D eigenvalue weighted by Crippen LogP contribution is 2.01. The number of ketones is 1.